The fraction of sp³-hybridized carbons (Fsp3) is 0.500. The fourth-order valence-corrected chi connectivity index (χ4v) is 0. The number of carboxylic acids is 2. The van der Waals surface area contributed by atoms with Crippen LogP contribution < -0.4 is 10.2 Å². The van der Waals surface area contributed by atoms with Crippen molar-refractivity contribution < 1.29 is 44.8 Å². The van der Waals surface area contributed by atoms with E-state index in [1.54, 1.807) is 0 Å². The molecule has 0 aromatic rings. The topological polar surface area (TPSA) is 112 Å². The Labute approximate surface area is 71.1 Å². The molecular weight excluding hydrogens is 193 g/mol. The standard InChI is InChI=1S/2C2H4O2.H2O.Zn/c2*1-2(3)4;;/h2*1H3,(H,3,4);1H2;/q;;;+2/p-2. The number of carboxylic acid groups (broad SMARTS) is 2. The molecule has 0 rings (SSSR count). The van der Waals surface area contributed by atoms with Crippen LogP contribution in [0.1, 0.15) is 13.8 Å². The van der Waals surface area contributed by atoms with Crippen LogP contribution in [0.15, 0.2) is 0 Å². The molecule has 0 bridgehead atoms. The smallest absolute Gasteiger partial charge is 0.550 e. The molecule has 0 aromatic carbocycles. The summed E-state index contributed by atoms with van der Waals surface area (Å²) in [6.45, 7) is 1.94. The van der Waals surface area contributed by atoms with E-state index in [1.807, 2.05) is 0 Å². The summed E-state index contributed by atoms with van der Waals surface area (Å²) in [7, 11) is 0. The van der Waals surface area contributed by atoms with E-state index >= 15 is 0 Å². The first-order chi connectivity index (χ1) is 3.46. The summed E-state index contributed by atoms with van der Waals surface area (Å²) in [6, 6.07) is 0. The first kappa shape index (κ1) is 22.7. The van der Waals surface area contributed by atoms with Crippen molar-refractivity contribution in [3.05, 3.63) is 0 Å². The second-order valence-electron chi connectivity index (χ2n) is 0.983. The Morgan fingerprint density at radius 2 is 1.00 bits per heavy atom. The molecule has 0 aromatic heterocycles. The summed E-state index contributed by atoms with van der Waals surface area (Å²) in [5, 5.41) is 17.8. The van der Waals surface area contributed by atoms with Crippen molar-refractivity contribution in [3.63, 3.8) is 0 Å². The zero-order chi connectivity index (χ0) is 7.15. The van der Waals surface area contributed by atoms with Crippen molar-refractivity contribution in [2.24, 2.45) is 0 Å². The number of aliphatic carboxylic acids is 2. The summed E-state index contributed by atoms with van der Waals surface area (Å²) in [4.78, 5) is 17.8. The van der Waals surface area contributed by atoms with Crippen LogP contribution in [-0.4, -0.2) is 17.4 Å². The van der Waals surface area contributed by atoms with Crippen LogP contribution in [0, 0.1) is 0 Å². The summed E-state index contributed by atoms with van der Waals surface area (Å²) in [5.41, 5.74) is 0. The van der Waals surface area contributed by atoms with Gasteiger partial charge in [-0.15, -0.1) is 0 Å². The van der Waals surface area contributed by atoms with Crippen LogP contribution in [0.25, 0.3) is 0 Å². The van der Waals surface area contributed by atoms with Gasteiger partial charge in [-0.05, 0) is 13.8 Å². The minimum absolute atomic E-state index is 0. The first-order valence-corrected chi connectivity index (χ1v) is 1.82. The van der Waals surface area contributed by atoms with Gasteiger partial charge in [0, 0.05) is 11.9 Å². The van der Waals surface area contributed by atoms with Crippen molar-refractivity contribution in [1.82, 2.24) is 0 Å². The Morgan fingerprint density at radius 3 is 1.00 bits per heavy atom. The van der Waals surface area contributed by atoms with Crippen molar-refractivity contribution in [1.29, 1.82) is 0 Å². The second kappa shape index (κ2) is 15.8. The third-order valence-corrected chi connectivity index (χ3v) is 0. The first-order valence-electron chi connectivity index (χ1n) is 1.82. The van der Waals surface area contributed by atoms with E-state index in [4.69, 9.17) is 19.8 Å². The third kappa shape index (κ3) is 1410. The van der Waals surface area contributed by atoms with Crippen LogP contribution in [0.3, 0.4) is 0 Å². The van der Waals surface area contributed by atoms with Gasteiger partial charge in [-0.1, -0.05) is 0 Å². The molecule has 2 N–H and O–H groups in total. The Balaban J connectivity index is -0.0000000300. The van der Waals surface area contributed by atoms with Gasteiger partial charge in [0.25, 0.3) is 0 Å². The zero-order valence-electron chi connectivity index (χ0n) is 5.84. The molecule has 0 saturated heterocycles. The van der Waals surface area contributed by atoms with E-state index in [9.17, 15) is 0 Å². The average molecular weight is 201 g/mol. The van der Waals surface area contributed by atoms with Crippen LogP contribution in [0.4, 0.5) is 0 Å². The van der Waals surface area contributed by atoms with Crippen molar-refractivity contribution >= 4 is 11.9 Å². The minimum atomic E-state index is -1.08. The van der Waals surface area contributed by atoms with Crippen LogP contribution >= 0.6 is 0 Å². The maximum atomic E-state index is 8.89. The normalized spacial score (nSPS) is 5.00. The molecular formula is C4H8O5Zn. The van der Waals surface area contributed by atoms with E-state index in [1.165, 1.54) is 0 Å². The second-order valence-corrected chi connectivity index (χ2v) is 0.983. The van der Waals surface area contributed by atoms with Crippen molar-refractivity contribution in [3.8, 4) is 0 Å². The molecule has 5 nitrogen and oxygen atoms in total. The predicted molar refractivity (Wildman–Crippen MR) is 25.0 cm³/mol. The van der Waals surface area contributed by atoms with Crippen LogP contribution in [0.5, 0.6) is 0 Å². The van der Waals surface area contributed by atoms with Crippen LogP contribution in [-0.2, 0) is 29.1 Å². The van der Waals surface area contributed by atoms with Gasteiger partial charge in [-0.3, -0.25) is 0 Å². The van der Waals surface area contributed by atoms with E-state index < -0.39 is 11.9 Å². The van der Waals surface area contributed by atoms with Gasteiger partial charge < -0.3 is 25.3 Å². The van der Waals surface area contributed by atoms with Gasteiger partial charge in [-0.2, -0.15) is 0 Å². The molecule has 0 aliphatic heterocycles. The zero-order valence-corrected chi connectivity index (χ0v) is 8.81. The number of carbonyl (C=O) groups is 2. The maximum Gasteiger partial charge on any atom is 2.00 e. The molecule has 0 aliphatic rings. The summed E-state index contributed by atoms with van der Waals surface area (Å²) in [6.07, 6.45) is 0. The Morgan fingerprint density at radius 1 is 1.00 bits per heavy atom. The Hall–Kier alpha value is -0.477. The van der Waals surface area contributed by atoms with Gasteiger partial charge in [0.15, 0.2) is 0 Å². The van der Waals surface area contributed by atoms with Gasteiger partial charge in [0.2, 0.25) is 0 Å². The van der Waals surface area contributed by atoms with Gasteiger partial charge in [0.05, 0.1) is 0 Å². The quantitative estimate of drug-likeness (QED) is 0.382. The monoisotopic (exact) mass is 200 g/mol. The largest absolute Gasteiger partial charge is 2.00 e. The number of rotatable bonds is 0. The minimum Gasteiger partial charge on any atom is -0.550 e. The number of hydrogen-bond acceptors (Lipinski definition) is 4. The van der Waals surface area contributed by atoms with Crippen molar-refractivity contribution in [2.75, 3.05) is 0 Å². The maximum absolute atomic E-state index is 8.89. The Bertz CT molecular complexity index is 71.6. The van der Waals surface area contributed by atoms with Gasteiger partial charge >= 0.3 is 19.5 Å². The molecule has 0 atom stereocenters. The summed E-state index contributed by atoms with van der Waals surface area (Å²) in [5.74, 6) is -2.17. The molecule has 0 radical (unpaired) electrons. The summed E-state index contributed by atoms with van der Waals surface area (Å²) < 4.78 is 0. The van der Waals surface area contributed by atoms with E-state index in [0.717, 1.165) is 13.8 Å². The fourth-order valence-electron chi connectivity index (χ4n) is 0. The van der Waals surface area contributed by atoms with E-state index in [2.05, 4.69) is 0 Å². The van der Waals surface area contributed by atoms with Gasteiger partial charge in [-0.25, -0.2) is 0 Å². The van der Waals surface area contributed by atoms with Gasteiger partial charge in [0.1, 0.15) is 0 Å². The molecule has 0 spiro atoms. The summed E-state index contributed by atoms with van der Waals surface area (Å²) >= 11 is 0. The van der Waals surface area contributed by atoms with Crippen LogP contribution in [0.2, 0.25) is 0 Å². The van der Waals surface area contributed by atoms with Crippen molar-refractivity contribution in [2.45, 2.75) is 13.8 Å². The van der Waals surface area contributed by atoms with E-state index in [0.29, 0.717) is 0 Å². The third-order valence-electron chi connectivity index (χ3n) is 0. The molecule has 0 saturated carbocycles. The average Bonchev–Trinajstić information content (AvgIpc) is 1.25. The predicted octanol–water partition coefficient (Wildman–Crippen LogP) is -3.31. The molecule has 0 amide bonds. The number of carbonyl (C=O) groups excluding carboxylic acids is 2. The molecule has 0 unspecified atom stereocenters. The number of hydrogen-bond donors (Lipinski definition) is 0. The molecule has 6 heteroatoms. The molecule has 0 heterocycles. The SMILES string of the molecule is CC(=O)[O-].CC(=O)[O-].O.[Zn+2]. The van der Waals surface area contributed by atoms with E-state index in [-0.39, 0.29) is 25.0 Å². The molecule has 0 fully saturated rings. The Kier molecular flexibility index (Phi) is 35.9. The molecule has 10 heavy (non-hydrogen) atoms. The molecule has 56 valence electrons. The molecule has 0 aliphatic carbocycles.